The Labute approximate surface area is 163 Å². The van der Waals surface area contributed by atoms with Gasteiger partial charge in [0, 0.05) is 28.2 Å². The highest BCUT2D eigenvalue weighted by Crippen LogP contribution is 2.29. The third kappa shape index (κ3) is 4.87. The molecule has 0 fully saturated rings. The van der Waals surface area contributed by atoms with Gasteiger partial charge in [0.05, 0.1) is 12.2 Å². The molecule has 6 nitrogen and oxygen atoms in total. The summed E-state index contributed by atoms with van der Waals surface area (Å²) < 4.78 is 6.38. The maximum atomic E-state index is 10.5. The van der Waals surface area contributed by atoms with Crippen molar-refractivity contribution in [3.05, 3.63) is 52.2 Å². The van der Waals surface area contributed by atoms with Crippen LogP contribution < -0.4 is 10.6 Å². The summed E-state index contributed by atoms with van der Waals surface area (Å²) in [5.41, 5.74) is 2.06. The van der Waals surface area contributed by atoms with Crippen LogP contribution in [0.15, 0.2) is 39.8 Å². The Morgan fingerprint density at radius 3 is 2.81 bits per heavy atom. The number of aliphatic hydroxyl groups excluding tert-OH is 1. The van der Waals surface area contributed by atoms with Crippen LogP contribution in [0.3, 0.4) is 0 Å². The zero-order valence-electron chi connectivity index (χ0n) is 16.0. The van der Waals surface area contributed by atoms with E-state index in [2.05, 4.69) is 32.9 Å². The Kier molecular flexibility index (Phi) is 6.47. The Hall–Kier alpha value is -2.38. The van der Waals surface area contributed by atoms with Crippen LogP contribution in [0.5, 0.6) is 0 Å². The zero-order chi connectivity index (χ0) is 19.2. The third-order valence-electron chi connectivity index (χ3n) is 4.39. The van der Waals surface area contributed by atoms with Crippen molar-refractivity contribution in [2.75, 3.05) is 19.6 Å². The number of aromatic nitrogens is 1. The average Bonchev–Trinajstić information content (AvgIpc) is 3.24. The lowest BCUT2D eigenvalue weighted by atomic mass is 10.1. The van der Waals surface area contributed by atoms with Crippen molar-refractivity contribution in [1.29, 1.82) is 0 Å². The van der Waals surface area contributed by atoms with E-state index >= 15 is 0 Å². The number of benzene rings is 1. The van der Waals surface area contributed by atoms with E-state index in [1.165, 1.54) is 4.70 Å². The van der Waals surface area contributed by atoms with E-state index in [0.29, 0.717) is 19.0 Å². The highest BCUT2D eigenvalue weighted by molar-refractivity contribution is 7.19. The van der Waals surface area contributed by atoms with E-state index in [4.69, 9.17) is 4.52 Å². The molecular formula is C20H26N4O2S. The summed E-state index contributed by atoms with van der Waals surface area (Å²) in [6, 6.07) is 10.2. The van der Waals surface area contributed by atoms with Crippen molar-refractivity contribution in [2.45, 2.75) is 33.3 Å². The molecule has 3 aromatic rings. The van der Waals surface area contributed by atoms with Gasteiger partial charge in [-0.2, -0.15) is 0 Å². The second kappa shape index (κ2) is 9.01. The van der Waals surface area contributed by atoms with Gasteiger partial charge >= 0.3 is 0 Å². The lowest BCUT2D eigenvalue weighted by Crippen LogP contribution is -2.38. The number of aryl methyl sites for hydroxylation is 2. The van der Waals surface area contributed by atoms with Crippen molar-refractivity contribution in [3.63, 3.8) is 0 Å². The molecular weight excluding hydrogens is 360 g/mol. The molecule has 0 saturated heterocycles. The van der Waals surface area contributed by atoms with Crippen LogP contribution in [0.25, 0.3) is 10.1 Å². The number of aliphatic imine (C=N–C) groups is 1. The van der Waals surface area contributed by atoms with Crippen LogP contribution in [0.2, 0.25) is 0 Å². The number of nitrogens with one attached hydrogen (secondary N) is 2. The number of thiophene rings is 1. The molecule has 7 heteroatoms. The molecule has 3 rings (SSSR count). The molecule has 3 N–H and O–H groups in total. The predicted molar refractivity (Wildman–Crippen MR) is 110 cm³/mol. The first-order valence-corrected chi connectivity index (χ1v) is 10.0. The quantitative estimate of drug-likeness (QED) is 0.428. The van der Waals surface area contributed by atoms with E-state index in [1.807, 2.05) is 39.0 Å². The van der Waals surface area contributed by atoms with Gasteiger partial charge in [0.2, 0.25) is 0 Å². The van der Waals surface area contributed by atoms with Crippen molar-refractivity contribution < 1.29 is 9.63 Å². The van der Waals surface area contributed by atoms with Gasteiger partial charge < -0.3 is 20.3 Å². The minimum absolute atomic E-state index is 0.313. The van der Waals surface area contributed by atoms with Gasteiger partial charge in [-0.15, -0.1) is 11.3 Å². The van der Waals surface area contributed by atoms with E-state index in [0.717, 1.165) is 40.2 Å². The van der Waals surface area contributed by atoms with Gasteiger partial charge in [0.25, 0.3) is 0 Å². The van der Waals surface area contributed by atoms with Gasteiger partial charge in [-0.3, -0.25) is 4.99 Å². The number of fused-ring (bicyclic) bond motifs is 1. The van der Waals surface area contributed by atoms with Gasteiger partial charge in [0.15, 0.2) is 5.96 Å². The molecule has 27 heavy (non-hydrogen) atoms. The lowest BCUT2D eigenvalue weighted by molar-refractivity contribution is 0.191. The first-order valence-electron chi connectivity index (χ1n) is 9.19. The van der Waals surface area contributed by atoms with E-state index < -0.39 is 6.10 Å². The molecule has 0 amide bonds. The number of rotatable bonds is 7. The fraction of sp³-hybridized carbons (Fsp3) is 0.400. The fourth-order valence-electron chi connectivity index (χ4n) is 2.94. The van der Waals surface area contributed by atoms with Gasteiger partial charge in [-0.05, 0) is 44.7 Å². The largest absolute Gasteiger partial charge is 0.386 e. The van der Waals surface area contributed by atoms with Crippen LogP contribution in [-0.2, 0) is 6.42 Å². The van der Waals surface area contributed by atoms with Gasteiger partial charge in [0.1, 0.15) is 11.9 Å². The summed E-state index contributed by atoms with van der Waals surface area (Å²) in [5.74, 6) is 1.56. The van der Waals surface area contributed by atoms with E-state index in [1.54, 1.807) is 11.3 Å². The zero-order valence-corrected chi connectivity index (χ0v) is 16.8. The predicted octanol–water partition coefficient (Wildman–Crippen LogP) is 3.34. The normalized spacial score (nSPS) is 13.1. The standard InChI is InChI=1S/C20H26N4O2S/c1-4-21-20(22-10-9-16-13(2)24-26-14(16)3)23-12-17(25)19-11-15-7-5-6-8-18(15)27-19/h5-8,11,17,25H,4,9-10,12H2,1-3H3,(H2,21,22,23). The minimum atomic E-state index is -0.611. The third-order valence-corrected chi connectivity index (χ3v) is 5.61. The van der Waals surface area contributed by atoms with Crippen LogP contribution in [0, 0.1) is 13.8 Å². The molecule has 1 unspecified atom stereocenters. The summed E-state index contributed by atoms with van der Waals surface area (Å²) >= 11 is 1.61. The van der Waals surface area contributed by atoms with Gasteiger partial charge in [-0.25, -0.2) is 0 Å². The van der Waals surface area contributed by atoms with Crippen molar-refractivity contribution in [3.8, 4) is 0 Å². The second-order valence-electron chi connectivity index (χ2n) is 6.40. The summed E-state index contributed by atoms with van der Waals surface area (Å²) in [4.78, 5) is 5.47. The summed E-state index contributed by atoms with van der Waals surface area (Å²) in [5, 5.41) is 22.2. The minimum Gasteiger partial charge on any atom is -0.386 e. The lowest BCUT2D eigenvalue weighted by Gasteiger charge is -2.12. The summed E-state index contributed by atoms with van der Waals surface area (Å²) in [7, 11) is 0. The second-order valence-corrected chi connectivity index (χ2v) is 7.52. The fourth-order valence-corrected chi connectivity index (χ4v) is 3.98. The van der Waals surface area contributed by atoms with Crippen LogP contribution in [-0.4, -0.2) is 35.9 Å². The maximum Gasteiger partial charge on any atom is 0.191 e. The molecule has 0 spiro atoms. The Morgan fingerprint density at radius 2 is 2.11 bits per heavy atom. The number of nitrogens with zero attached hydrogens (tertiary/aromatic N) is 2. The molecule has 0 aliphatic carbocycles. The molecule has 0 bridgehead atoms. The molecule has 1 aromatic carbocycles. The van der Waals surface area contributed by atoms with E-state index in [9.17, 15) is 5.11 Å². The Balaban J connectivity index is 1.59. The van der Waals surface area contributed by atoms with Crippen LogP contribution in [0.1, 0.15) is 34.9 Å². The summed E-state index contributed by atoms with van der Waals surface area (Å²) in [6.45, 7) is 7.69. The van der Waals surface area contributed by atoms with Crippen LogP contribution in [0.4, 0.5) is 0 Å². The highest BCUT2D eigenvalue weighted by atomic mass is 32.1. The van der Waals surface area contributed by atoms with Crippen molar-refractivity contribution >= 4 is 27.4 Å². The number of hydrogen-bond acceptors (Lipinski definition) is 5. The molecule has 0 aliphatic heterocycles. The Bertz CT molecular complexity index is 863. The maximum absolute atomic E-state index is 10.5. The van der Waals surface area contributed by atoms with Gasteiger partial charge in [-0.1, -0.05) is 23.4 Å². The van der Waals surface area contributed by atoms with E-state index in [-0.39, 0.29) is 0 Å². The molecule has 0 radical (unpaired) electrons. The monoisotopic (exact) mass is 386 g/mol. The molecule has 2 heterocycles. The number of guanidine groups is 1. The van der Waals surface area contributed by atoms with Crippen molar-refractivity contribution in [1.82, 2.24) is 15.8 Å². The first-order chi connectivity index (χ1) is 13.1. The molecule has 144 valence electrons. The molecule has 1 atom stereocenters. The average molecular weight is 387 g/mol. The highest BCUT2D eigenvalue weighted by Gasteiger charge is 2.12. The first kappa shape index (κ1) is 19.4. The van der Waals surface area contributed by atoms with Crippen molar-refractivity contribution in [2.24, 2.45) is 4.99 Å². The van der Waals surface area contributed by atoms with Crippen LogP contribution >= 0.6 is 11.3 Å². The molecule has 0 saturated carbocycles. The molecule has 2 aromatic heterocycles. The molecule has 0 aliphatic rings. The number of aliphatic hydroxyl groups is 1. The topological polar surface area (TPSA) is 82.7 Å². The summed E-state index contributed by atoms with van der Waals surface area (Å²) in [6.07, 6.45) is 0.199. The SMILES string of the molecule is CCNC(=NCC(O)c1cc2ccccc2s1)NCCc1c(C)noc1C. The Morgan fingerprint density at radius 1 is 1.30 bits per heavy atom. The smallest absolute Gasteiger partial charge is 0.191 e. The number of hydrogen-bond donors (Lipinski definition) is 3.